The van der Waals surface area contributed by atoms with Crippen molar-refractivity contribution < 1.29 is 24.4 Å². The number of benzene rings is 1. The summed E-state index contributed by atoms with van der Waals surface area (Å²) in [5.74, 6) is -2.57. The highest BCUT2D eigenvalue weighted by Gasteiger charge is 2.13. The Morgan fingerprint density at radius 1 is 1.11 bits per heavy atom. The van der Waals surface area contributed by atoms with Crippen LogP contribution in [-0.2, 0) is 6.54 Å². The van der Waals surface area contributed by atoms with Crippen molar-refractivity contribution in [1.29, 1.82) is 0 Å². The van der Waals surface area contributed by atoms with Gasteiger partial charge in [-0.3, -0.25) is 0 Å². The first-order valence-electron chi connectivity index (χ1n) is 5.59. The zero-order chi connectivity index (χ0) is 13.8. The van der Waals surface area contributed by atoms with Gasteiger partial charge in [-0.15, -0.1) is 0 Å². The molecule has 0 bridgehead atoms. The van der Waals surface area contributed by atoms with Crippen LogP contribution >= 0.6 is 0 Å². The van der Waals surface area contributed by atoms with Crippen LogP contribution in [0.2, 0.25) is 0 Å². The van der Waals surface area contributed by atoms with Crippen LogP contribution in [0.1, 0.15) is 26.3 Å². The van der Waals surface area contributed by atoms with Crippen molar-refractivity contribution in [2.45, 2.75) is 6.54 Å². The third-order valence-electron chi connectivity index (χ3n) is 2.61. The number of aromatic carboxylic acids is 2. The smallest absolute Gasteiger partial charge is 0.341 e. The van der Waals surface area contributed by atoms with E-state index in [-0.39, 0.29) is 11.1 Å². The van der Waals surface area contributed by atoms with E-state index in [2.05, 4.69) is 0 Å². The van der Waals surface area contributed by atoms with Crippen molar-refractivity contribution in [2.24, 2.45) is 0 Å². The average Bonchev–Trinajstić information content (AvgIpc) is 2.39. The van der Waals surface area contributed by atoms with Gasteiger partial charge in [0.05, 0.1) is 11.5 Å². The second-order valence-corrected chi connectivity index (χ2v) is 4.06. The summed E-state index contributed by atoms with van der Waals surface area (Å²) in [6, 6.07) is 10.4. The zero-order valence-electron chi connectivity index (χ0n) is 9.95. The lowest BCUT2D eigenvalue weighted by Crippen LogP contribution is -2.37. The van der Waals surface area contributed by atoms with E-state index < -0.39 is 11.9 Å². The molecule has 0 saturated carbocycles. The van der Waals surface area contributed by atoms with Crippen molar-refractivity contribution in [1.82, 2.24) is 0 Å². The highest BCUT2D eigenvalue weighted by molar-refractivity contribution is 5.91. The number of pyridine rings is 1. The normalized spacial score (nSPS) is 10.1. The molecular weight excluding hydrogens is 246 g/mol. The number of carbonyl (C=O) groups excluding carboxylic acids is 1. The monoisotopic (exact) mass is 257 g/mol. The van der Waals surface area contributed by atoms with E-state index in [0.717, 1.165) is 11.6 Å². The summed E-state index contributed by atoms with van der Waals surface area (Å²) in [4.78, 5) is 21.8. The summed E-state index contributed by atoms with van der Waals surface area (Å²) >= 11 is 0. The lowest BCUT2D eigenvalue weighted by atomic mass is 10.2. The molecule has 0 fully saturated rings. The number of carboxylic acid groups (broad SMARTS) is 2. The number of carbonyl (C=O) groups is 2. The Kier molecular flexibility index (Phi) is 3.56. The number of rotatable bonds is 4. The summed E-state index contributed by atoms with van der Waals surface area (Å²) in [5, 5.41) is 19.8. The SMILES string of the molecule is O=C([O-])c1cc(C(=O)O)c[n+](Cc2ccccc2)c1. The number of nitrogens with zero attached hydrogens (tertiary/aromatic N) is 1. The van der Waals surface area contributed by atoms with E-state index in [4.69, 9.17) is 5.11 Å². The summed E-state index contributed by atoms with van der Waals surface area (Å²) in [7, 11) is 0. The Labute approximate surface area is 109 Å². The quantitative estimate of drug-likeness (QED) is 0.787. The molecule has 0 aliphatic heterocycles. The van der Waals surface area contributed by atoms with E-state index in [1.165, 1.54) is 17.0 Å². The van der Waals surface area contributed by atoms with E-state index in [9.17, 15) is 14.7 Å². The van der Waals surface area contributed by atoms with Gasteiger partial charge < -0.3 is 15.0 Å². The lowest BCUT2D eigenvalue weighted by Gasteiger charge is -2.04. The number of carboxylic acids is 2. The zero-order valence-corrected chi connectivity index (χ0v) is 9.95. The minimum absolute atomic E-state index is 0.0855. The molecule has 0 aliphatic carbocycles. The Bertz CT molecular complexity index is 590. The van der Waals surface area contributed by atoms with Crippen LogP contribution in [0.5, 0.6) is 0 Å². The van der Waals surface area contributed by atoms with Gasteiger partial charge in [0.25, 0.3) is 0 Å². The fraction of sp³-hybridized carbons (Fsp3) is 0.0714. The third-order valence-corrected chi connectivity index (χ3v) is 2.61. The molecule has 1 N–H and O–H groups in total. The molecule has 0 radical (unpaired) electrons. The van der Waals surface area contributed by atoms with Gasteiger partial charge in [0, 0.05) is 5.56 Å². The molecule has 19 heavy (non-hydrogen) atoms. The molecule has 5 nitrogen and oxygen atoms in total. The number of hydrogen-bond donors (Lipinski definition) is 1. The molecule has 2 rings (SSSR count). The molecule has 96 valence electrons. The van der Waals surface area contributed by atoms with Crippen LogP contribution in [0.4, 0.5) is 0 Å². The van der Waals surface area contributed by atoms with Crippen molar-refractivity contribution in [3.05, 3.63) is 65.5 Å². The van der Waals surface area contributed by atoms with Crippen molar-refractivity contribution in [3.63, 3.8) is 0 Å². The van der Waals surface area contributed by atoms with Gasteiger partial charge in [-0.05, 0) is 6.07 Å². The minimum atomic E-state index is -1.40. The fourth-order valence-corrected chi connectivity index (χ4v) is 1.75. The van der Waals surface area contributed by atoms with Crippen LogP contribution in [0, 0.1) is 0 Å². The minimum Gasteiger partial charge on any atom is -0.545 e. The molecule has 1 aromatic carbocycles. The topological polar surface area (TPSA) is 81.3 Å². The molecule has 0 spiro atoms. The van der Waals surface area contributed by atoms with E-state index in [1.807, 2.05) is 30.3 Å². The van der Waals surface area contributed by atoms with Crippen molar-refractivity contribution in [2.75, 3.05) is 0 Å². The van der Waals surface area contributed by atoms with Crippen LogP contribution in [0.15, 0.2) is 48.8 Å². The average molecular weight is 257 g/mol. The van der Waals surface area contributed by atoms with Crippen LogP contribution in [0.25, 0.3) is 0 Å². The summed E-state index contributed by atoms with van der Waals surface area (Å²) in [6.07, 6.45) is 2.75. The highest BCUT2D eigenvalue weighted by atomic mass is 16.4. The standard InChI is InChI=1S/C14H11NO4/c16-13(17)11-6-12(14(18)19)9-15(8-11)7-10-4-2-1-3-5-10/h1-6,8-9H,7H2,(H-,16,17,18,19). The fourth-order valence-electron chi connectivity index (χ4n) is 1.75. The maximum atomic E-state index is 11.0. The summed E-state index contributed by atoms with van der Waals surface area (Å²) in [5.41, 5.74) is 0.702. The maximum Gasteiger partial charge on any atom is 0.341 e. The summed E-state index contributed by atoms with van der Waals surface area (Å²) in [6.45, 7) is 0.391. The molecule has 5 heteroatoms. The first-order chi connectivity index (χ1) is 9.06. The molecule has 1 heterocycles. The second kappa shape index (κ2) is 5.30. The highest BCUT2D eigenvalue weighted by Crippen LogP contribution is 2.03. The van der Waals surface area contributed by atoms with Gasteiger partial charge in [-0.25, -0.2) is 4.79 Å². The van der Waals surface area contributed by atoms with Crippen molar-refractivity contribution >= 4 is 11.9 Å². The summed E-state index contributed by atoms with van der Waals surface area (Å²) < 4.78 is 1.52. The molecular formula is C14H11NO4. The molecule has 1 aromatic heterocycles. The molecule has 0 atom stereocenters. The van der Waals surface area contributed by atoms with Gasteiger partial charge in [-0.1, -0.05) is 30.3 Å². The molecule has 0 aliphatic rings. The van der Waals surface area contributed by atoms with Crippen LogP contribution in [0.3, 0.4) is 0 Å². The number of hydrogen-bond acceptors (Lipinski definition) is 3. The van der Waals surface area contributed by atoms with E-state index in [1.54, 1.807) is 0 Å². The third kappa shape index (κ3) is 3.16. The number of aromatic nitrogens is 1. The van der Waals surface area contributed by atoms with Gasteiger partial charge in [-0.2, -0.15) is 4.57 Å². The second-order valence-electron chi connectivity index (χ2n) is 4.06. The predicted molar refractivity (Wildman–Crippen MR) is 63.5 cm³/mol. The molecule has 0 saturated heterocycles. The first-order valence-corrected chi connectivity index (χ1v) is 5.59. The van der Waals surface area contributed by atoms with E-state index in [0.29, 0.717) is 6.54 Å². The Morgan fingerprint density at radius 3 is 2.32 bits per heavy atom. The van der Waals surface area contributed by atoms with Crippen LogP contribution in [-0.4, -0.2) is 17.0 Å². The van der Waals surface area contributed by atoms with Gasteiger partial charge in [0.1, 0.15) is 5.56 Å². The Hall–Kier alpha value is -2.69. The maximum absolute atomic E-state index is 11.0. The van der Waals surface area contributed by atoms with Gasteiger partial charge in [0.15, 0.2) is 18.9 Å². The Morgan fingerprint density at radius 2 is 1.74 bits per heavy atom. The Balaban J connectivity index is 2.39. The van der Waals surface area contributed by atoms with E-state index >= 15 is 0 Å². The largest absolute Gasteiger partial charge is 0.545 e. The lowest BCUT2D eigenvalue weighted by molar-refractivity contribution is -0.688. The first kappa shape index (κ1) is 12.8. The van der Waals surface area contributed by atoms with Crippen molar-refractivity contribution in [3.8, 4) is 0 Å². The van der Waals surface area contributed by atoms with Crippen LogP contribution < -0.4 is 9.67 Å². The predicted octanol–water partition coefficient (Wildman–Crippen LogP) is 0.0841. The molecule has 0 unspecified atom stereocenters. The van der Waals surface area contributed by atoms with Gasteiger partial charge >= 0.3 is 5.97 Å². The molecule has 0 amide bonds. The van der Waals surface area contributed by atoms with Gasteiger partial charge in [0.2, 0.25) is 0 Å². The molecule has 2 aromatic rings.